The van der Waals surface area contributed by atoms with E-state index in [1.165, 1.54) is 83.1 Å². The molecule has 56 heavy (non-hydrogen) atoms. The first kappa shape index (κ1) is 49.1. The zero-order valence-corrected chi connectivity index (χ0v) is 34.9. The fraction of sp³-hybridized carbons (Fsp3) is 0.778. The second-order valence-electron chi connectivity index (χ2n) is 15.5. The Morgan fingerprint density at radius 2 is 1.14 bits per heavy atom. The number of esters is 2. The second-order valence-corrected chi connectivity index (χ2v) is 15.5. The summed E-state index contributed by atoms with van der Waals surface area (Å²) in [5.74, 6) is -5.26. The third-order valence-electron chi connectivity index (χ3n) is 10.4. The lowest BCUT2D eigenvalue weighted by molar-refractivity contribution is -0.177. The van der Waals surface area contributed by atoms with Gasteiger partial charge >= 0.3 is 23.6 Å². The summed E-state index contributed by atoms with van der Waals surface area (Å²) < 4.78 is 48.5. The van der Waals surface area contributed by atoms with Gasteiger partial charge < -0.3 is 19.9 Å². The number of rotatable bonds is 34. The van der Waals surface area contributed by atoms with Gasteiger partial charge in [0.25, 0.3) is 0 Å². The molecule has 1 saturated heterocycles. The summed E-state index contributed by atoms with van der Waals surface area (Å²) in [5, 5.41) is 0. The van der Waals surface area contributed by atoms with Crippen LogP contribution in [0.1, 0.15) is 200 Å². The van der Waals surface area contributed by atoms with Crippen molar-refractivity contribution in [3.63, 3.8) is 0 Å². The number of nitrogens with two attached hydrogens (primary N) is 1. The summed E-state index contributed by atoms with van der Waals surface area (Å²) in [4.78, 5) is 41.4. The zero-order valence-electron chi connectivity index (χ0n) is 34.9. The largest absolute Gasteiger partial charge is 0.463 e. The van der Waals surface area contributed by atoms with E-state index in [-0.39, 0.29) is 18.7 Å². The van der Waals surface area contributed by atoms with Crippen molar-refractivity contribution in [1.29, 1.82) is 0 Å². The lowest BCUT2D eigenvalue weighted by Crippen LogP contribution is -2.44. The molecule has 1 aliphatic heterocycles. The van der Waals surface area contributed by atoms with Gasteiger partial charge in [-0.1, -0.05) is 141 Å². The molecular formula is C45H75F2N3O6. The molecule has 1 aliphatic rings. The Labute approximate surface area is 336 Å². The Kier molecular flexibility index (Phi) is 27.1. The molecule has 2 N–H and O–H groups in total. The summed E-state index contributed by atoms with van der Waals surface area (Å²) in [6, 6.07) is 1.20. The lowest BCUT2D eigenvalue weighted by Gasteiger charge is -2.24. The van der Waals surface area contributed by atoms with Crippen LogP contribution in [0.15, 0.2) is 41.4 Å². The van der Waals surface area contributed by atoms with Gasteiger partial charge in [-0.3, -0.25) is 14.2 Å². The summed E-state index contributed by atoms with van der Waals surface area (Å²) in [7, 11) is 0. The maximum absolute atomic E-state index is 15.8. The first-order valence-corrected chi connectivity index (χ1v) is 22.2. The molecule has 11 heteroatoms. The molecule has 0 radical (unpaired) electrons. The molecule has 0 aliphatic carbocycles. The predicted molar refractivity (Wildman–Crippen MR) is 222 cm³/mol. The van der Waals surface area contributed by atoms with Crippen LogP contribution in [-0.2, 0) is 23.8 Å². The molecule has 0 saturated carbocycles. The van der Waals surface area contributed by atoms with Crippen molar-refractivity contribution in [2.45, 2.75) is 218 Å². The SMILES string of the molecule is CCCCCCCC/C=C/CCCCCCCC(=O)OC[C@H]1O[C@@H](n2ccc(N)nc2=O)C(F)(F)[C@@H]1OC(=O)CCCCCCC/C=C/CCCCCCCC. The van der Waals surface area contributed by atoms with Gasteiger partial charge in [-0.25, -0.2) is 4.79 Å². The molecule has 0 spiro atoms. The number of alkyl halides is 2. The quantitative estimate of drug-likeness (QED) is 0.0416. The van der Waals surface area contributed by atoms with E-state index in [1.807, 2.05) is 0 Å². The third kappa shape index (κ3) is 21.4. The molecular weight excluding hydrogens is 717 g/mol. The van der Waals surface area contributed by atoms with Crippen molar-refractivity contribution in [3.8, 4) is 0 Å². The molecule has 0 amide bonds. The van der Waals surface area contributed by atoms with E-state index in [2.05, 4.69) is 43.1 Å². The average molecular weight is 792 g/mol. The van der Waals surface area contributed by atoms with Gasteiger partial charge in [0.15, 0.2) is 6.10 Å². The Hall–Kier alpha value is -3.08. The summed E-state index contributed by atoms with van der Waals surface area (Å²) in [5.41, 5.74) is 4.52. The lowest BCUT2D eigenvalue weighted by atomic mass is 10.1. The van der Waals surface area contributed by atoms with Crippen molar-refractivity contribution < 1.29 is 32.6 Å². The van der Waals surface area contributed by atoms with Crippen LogP contribution >= 0.6 is 0 Å². The number of halogens is 2. The predicted octanol–water partition coefficient (Wildman–Crippen LogP) is 11.9. The van der Waals surface area contributed by atoms with Crippen LogP contribution in [0, 0.1) is 0 Å². The van der Waals surface area contributed by atoms with E-state index >= 15 is 8.78 Å². The molecule has 0 bridgehead atoms. The summed E-state index contributed by atoms with van der Waals surface area (Å²) in [6.07, 6.45) is 33.6. The number of hydrogen-bond donors (Lipinski definition) is 1. The van der Waals surface area contributed by atoms with Crippen LogP contribution in [-0.4, -0.2) is 46.2 Å². The van der Waals surface area contributed by atoms with Crippen LogP contribution in [0.25, 0.3) is 0 Å². The standard InChI is InChI=1S/C45H75F2N3O6/c1-3-5-7-9-11-13-15-17-19-21-23-25-27-29-31-33-40(51)54-37-38-42(45(46,47)43(55-38)50-36-35-39(48)49-44(50)53)56-41(52)34-32-30-28-26-24-22-20-18-16-14-12-10-8-6-4-2/h17-20,35-36,38,42-43H,3-16,21-34,37H2,1-2H3,(H2,48,49,53)/b19-17+,20-18+/t38-,42-,43-/m1/s1. The number of ether oxygens (including phenoxy) is 3. The fourth-order valence-corrected chi connectivity index (χ4v) is 6.98. The molecule has 2 heterocycles. The maximum atomic E-state index is 15.8. The number of hydrogen-bond acceptors (Lipinski definition) is 8. The van der Waals surface area contributed by atoms with Crippen LogP contribution in [0.5, 0.6) is 0 Å². The third-order valence-corrected chi connectivity index (χ3v) is 10.4. The number of anilines is 1. The van der Waals surface area contributed by atoms with Gasteiger partial charge in [-0.2, -0.15) is 13.8 Å². The highest BCUT2D eigenvalue weighted by Gasteiger charge is 2.62. The number of carbonyl (C=O) groups excluding carboxylic acids is 2. The van der Waals surface area contributed by atoms with Crippen molar-refractivity contribution in [1.82, 2.24) is 9.55 Å². The number of unbranched alkanes of at least 4 members (excludes halogenated alkanes) is 22. The second kappa shape index (κ2) is 31.0. The minimum atomic E-state index is -3.81. The molecule has 1 aromatic rings. The van der Waals surface area contributed by atoms with E-state index in [4.69, 9.17) is 19.9 Å². The summed E-state index contributed by atoms with van der Waals surface area (Å²) in [6.45, 7) is 3.92. The average Bonchev–Trinajstić information content (AvgIpc) is 3.41. The van der Waals surface area contributed by atoms with Crippen molar-refractivity contribution in [2.75, 3.05) is 12.3 Å². The highest BCUT2D eigenvalue weighted by atomic mass is 19.3. The van der Waals surface area contributed by atoms with E-state index < -0.39 is 48.6 Å². The van der Waals surface area contributed by atoms with E-state index in [0.29, 0.717) is 17.4 Å². The minimum absolute atomic E-state index is 0.0270. The molecule has 9 nitrogen and oxygen atoms in total. The van der Waals surface area contributed by atoms with Crippen molar-refractivity contribution >= 4 is 17.8 Å². The van der Waals surface area contributed by atoms with Gasteiger partial charge in [0.05, 0.1) is 0 Å². The molecule has 1 fully saturated rings. The van der Waals surface area contributed by atoms with Gasteiger partial charge in [0.1, 0.15) is 18.5 Å². The number of nitrogen functional groups attached to an aromatic ring is 1. The van der Waals surface area contributed by atoms with Crippen molar-refractivity contribution in [2.24, 2.45) is 0 Å². The Morgan fingerprint density at radius 3 is 1.61 bits per heavy atom. The molecule has 320 valence electrons. The van der Waals surface area contributed by atoms with E-state index in [1.54, 1.807) is 0 Å². The van der Waals surface area contributed by atoms with E-state index in [0.717, 1.165) is 83.2 Å². The van der Waals surface area contributed by atoms with Gasteiger partial charge in [-0.15, -0.1) is 0 Å². The normalized spacial score (nSPS) is 18.0. The zero-order chi connectivity index (χ0) is 40.7. The first-order chi connectivity index (χ1) is 27.2. The van der Waals surface area contributed by atoms with Gasteiger partial charge in [0.2, 0.25) is 6.23 Å². The fourth-order valence-electron chi connectivity index (χ4n) is 6.98. The Balaban J connectivity index is 1.72. The molecule has 0 unspecified atom stereocenters. The number of carbonyl (C=O) groups is 2. The number of nitrogens with zero attached hydrogens (tertiary/aromatic N) is 2. The number of allylic oxidation sites excluding steroid dienone is 4. The van der Waals surface area contributed by atoms with Crippen LogP contribution in [0.2, 0.25) is 0 Å². The smallest absolute Gasteiger partial charge is 0.351 e. The maximum Gasteiger partial charge on any atom is 0.351 e. The summed E-state index contributed by atoms with van der Waals surface area (Å²) >= 11 is 0. The molecule has 2 rings (SSSR count). The van der Waals surface area contributed by atoms with Crippen LogP contribution in [0.3, 0.4) is 0 Å². The van der Waals surface area contributed by atoms with Crippen molar-refractivity contribution in [3.05, 3.63) is 47.1 Å². The van der Waals surface area contributed by atoms with Crippen LogP contribution < -0.4 is 11.4 Å². The highest BCUT2D eigenvalue weighted by molar-refractivity contribution is 5.70. The Morgan fingerprint density at radius 1 is 0.714 bits per heavy atom. The topological polar surface area (TPSA) is 123 Å². The van der Waals surface area contributed by atoms with Gasteiger partial charge in [-0.05, 0) is 70.3 Å². The van der Waals surface area contributed by atoms with Gasteiger partial charge in [0, 0.05) is 19.0 Å². The van der Waals surface area contributed by atoms with E-state index in [9.17, 15) is 14.4 Å². The first-order valence-electron chi connectivity index (χ1n) is 22.2. The minimum Gasteiger partial charge on any atom is -0.463 e. The Bertz CT molecular complexity index is 1300. The number of aromatic nitrogens is 2. The monoisotopic (exact) mass is 792 g/mol. The van der Waals surface area contributed by atoms with Crippen LogP contribution in [0.4, 0.5) is 14.6 Å². The highest BCUT2D eigenvalue weighted by Crippen LogP contribution is 2.44. The molecule has 1 aromatic heterocycles. The molecule has 3 atom stereocenters. The molecule has 0 aromatic carbocycles.